The van der Waals surface area contributed by atoms with Crippen LogP contribution in [0.25, 0.3) is 0 Å². The fourth-order valence-electron chi connectivity index (χ4n) is 2.83. The Hall–Kier alpha value is -1.13. The van der Waals surface area contributed by atoms with Gasteiger partial charge in [-0.25, -0.2) is 4.98 Å². The van der Waals surface area contributed by atoms with E-state index in [4.69, 9.17) is 0 Å². The summed E-state index contributed by atoms with van der Waals surface area (Å²) in [5.41, 5.74) is 1.29. The lowest BCUT2D eigenvalue weighted by Crippen LogP contribution is -2.39. The Labute approximate surface area is 116 Å². The van der Waals surface area contributed by atoms with Gasteiger partial charge in [0.15, 0.2) is 0 Å². The third-order valence-corrected chi connectivity index (χ3v) is 4.04. The molecule has 0 amide bonds. The molecule has 1 aliphatic heterocycles. The van der Waals surface area contributed by atoms with E-state index >= 15 is 0 Å². The van der Waals surface area contributed by atoms with Crippen molar-refractivity contribution in [3.8, 4) is 0 Å². The van der Waals surface area contributed by atoms with Crippen LogP contribution in [-0.2, 0) is 0 Å². The van der Waals surface area contributed by atoms with E-state index in [0.29, 0.717) is 12.1 Å². The van der Waals surface area contributed by atoms with Crippen molar-refractivity contribution < 1.29 is 0 Å². The summed E-state index contributed by atoms with van der Waals surface area (Å²) < 4.78 is 0. The van der Waals surface area contributed by atoms with Crippen molar-refractivity contribution in [2.45, 2.75) is 32.4 Å². The molecule has 106 valence electrons. The SMILES string of the molecule is CNC(C)c1cccnc1N1CCCN(C)CC1C. The summed E-state index contributed by atoms with van der Waals surface area (Å²) in [6, 6.07) is 5.05. The molecule has 1 aromatic heterocycles. The number of aromatic nitrogens is 1. The van der Waals surface area contributed by atoms with Gasteiger partial charge in [-0.3, -0.25) is 0 Å². The van der Waals surface area contributed by atoms with Gasteiger partial charge in [-0.2, -0.15) is 0 Å². The Balaban J connectivity index is 2.29. The highest BCUT2D eigenvalue weighted by Gasteiger charge is 2.23. The van der Waals surface area contributed by atoms with Crippen molar-refractivity contribution in [3.05, 3.63) is 23.9 Å². The van der Waals surface area contributed by atoms with Gasteiger partial charge in [0.05, 0.1) is 0 Å². The van der Waals surface area contributed by atoms with Crippen LogP contribution in [0.5, 0.6) is 0 Å². The van der Waals surface area contributed by atoms with Crippen molar-refractivity contribution in [1.82, 2.24) is 15.2 Å². The van der Waals surface area contributed by atoms with Gasteiger partial charge in [0.1, 0.15) is 5.82 Å². The molecular weight excluding hydrogens is 236 g/mol. The van der Waals surface area contributed by atoms with Crippen LogP contribution in [0.1, 0.15) is 31.9 Å². The highest BCUT2D eigenvalue weighted by Crippen LogP contribution is 2.26. The first-order valence-corrected chi connectivity index (χ1v) is 7.21. The Morgan fingerprint density at radius 1 is 1.42 bits per heavy atom. The number of nitrogens with one attached hydrogen (secondary N) is 1. The second-order valence-electron chi connectivity index (χ2n) is 5.58. The van der Waals surface area contributed by atoms with E-state index in [2.05, 4.69) is 47.1 Å². The average Bonchev–Trinajstić information content (AvgIpc) is 2.58. The average molecular weight is 262 g/mol. The fraction of sp³-hybridized carbons (Fsp3) is 0.667. The van der Waals surface area contributed by atoms with Crippen LogP contribution in [0.2, 0.25) is 0 Å². The Bertz CT molecular complexity index is 407. The zero-order valence-electron chi connectivity index (χ0n) is 12.6. The smallest absolute Gasteiger partial charge is 0.133 e. The molecule has 19 heavy (non-hydrogen) atoms. The second-order valence-corrected chi connectivity index (χ2v) is 5.58. The lowest BCUT2D eigenvalue weighted by atomic mass is 10.1. The van der Waals surface area contributed by atoms with Crippen LogP contribution in [0.4, 0.5) is 5.82 Å². The molecule has 1 saturated heterocycles. The van der Waals surface area contributed by atoms with Gasteiger partial charge < -0.3 is 15.1 Å². The molecule has 4 heteroatoms. The maximum atomic E-state index is 4.66. The molecule has 0 aliphatic carbocycles. The third-order valence-electron chi connectivity index (χ3n) is 4.04. The number of hydrogen-bond donors (Lipinski definition) is 1. The van der Waals surface area contributed by atoms with Gasteiger partial charge in [0.2, 0.25) is 0 Å². The largest absolute Gasteiger partial charge is 0.352 e. The minimum absolute atomic E-state index is 0.330. The highest BCUT2D eigenvalue weighted by atomic mass is 15.3. The molecule has 2 atom stereocenters. The predicted molar refractivity (Wildman–Crippen MR) is 80.6 cm³/mol. The number of pyridine rings is 1. The van der Waals surface area contributed by atoms with E-state index in [9.17, 15) is 0 Å². The molecule has 2 unspecified atom stereocenters. The number of likely N-dealkylation sites (N-methyl/N-ethyl adjacent to an activating group) is 1. The quantitative estimate of drug-likeness (QED) is 0.901. The molecule has 0 spiro atoms. The van der Waals surface area contributed by atoms with Crippen molar-refractivity contribution in [3.63, 3.8) is 0 Å². The summed E-state index contributed by atoms with van der Waals surface area (Å²) in [7, 11) is 4.20. The minimum Gasteiger partial charge on any atom is -0.352 e. The Kier molecular flexibility index (Phi) is 4.77. The van der Waals surface area contributed by atoms with Crippen molar-refractivity contribution >= 4 is 5.82 Å². The first-order valence-electron chi connectivity index (χ1n) is 7.21. The van der Waals surface area contributed by atoms with Crippen molar-refractivity contribution in [2.24, 2.45) is 0 Å². The van der Waals surface area contributed by atoms with E-state index in [-0.39, 0.29) is 0 Å². The molecule has 2 rings (SSSR count). The number of anilines is 1. The number of hydrogen-bond acceptors (Lipinski definition) is 4. The van der Waals surface area contributed by atoms with Crippen LogP contribution in [0, 0.1) is 0 Å². The maximum Gasteiger partial charge on any atom is 0.133 e. The first-order chi connectivity index (χ1) is 9.13. The summed E-state index contributed by atoms with van der Waals surface area (Å²) in [5, 5.41) is 3.32. The summed E-state index contributed by atoms with van der Waals surface area (Å²) in [6.07, 6.45) is 3.10. The zero-order chi connectivity index (χ0) is 13.8. The van der Waals surface area contributed by atoms with Gasteiger partial charge in [0, 0.05) is 36.9 Å². The van der Waals surface area contributed by atoms with E-state index in [1.54, 1.807) is 0 Å². The Morgan fingerprint density at radius 2 is 2.21 bits per heavy atom. The summed E-state index contributed by atoms with van der Waals surface area (Å²) in [5.74, 6) is 1.15. The minimum atomic E-state index is 0.330. The van der Waals surface area contributed by atoms with Gasteiger partial charge in [-0.1, -0.05) is 6.07 Å². The topological polar surface area (TPSA) is 31.4 Å². The zero-order valence-corrected chi connectivity index (χ0v) is 12.6. The lowest BCUT2D eigenvalue weighted by molar-refractivity contribution is 0.337. The molecule has 0 aromatic carbocycles. The van der Waals surface area contributed by atoms with Gasteiger partial charge in [-0.05, 0) is 47.0 Å². The van der Waals surface area contributed by atoms with Crippen LogP contribution in [0.3, 0.4) is 0 Å². The van der Waals surface area contributed by atoms with E-state index in [1.807, 2.05) is 19.3 Å². The summed E-state index contributed by atoms with van der Waals surface area (Å²) >= 11 is 0. The molecule has 1 N–H and O–H groups in total. The van der Waals surface area contributed by atoms with Crippen LogP contribution >= 0.6 is 0 Å². The summed E-state index contributed by atoms with van der Waals surface area (Å²) in [4.78, 5) is 9.53. The van der Waals surface area contributed by atoms with E-state index in [0.717, 1.165) is 18.9 Å². The van der Waals surface area contributed by atoms with Gasteiger partial charge in [0.25, 0.3) is 0 Å². The molecule has 1 aromatic rings. The van der Waals surface area contributed by atoms with Gasteiger partial charge >= 0.3 is 0 Å². The number of nitrogens with zero attached hydrogens (tertiary/aromatic N) is 3. The maximum absolute atomic E-state index is 4.66. The fourth-order valence-corrected chi connectivity index (χ4v) is 2.83. The van der Waals surface area contributed by atoms with Crippen LogP contribution in [-0.4, -0.2) is 49.7 Å². The van der Waals surface area contributed by atoms with Crippen molar-refractivity contribution in [2.75, 3.05) is 38.6 Å². The molecule has 0 saturated carbocycles. The van der Waals surface area contributed by atoms with Crippen LogP contribution in [0.15, 0.2) is 18.3 Å². The van der Waals surface area contributed by atoms with Crippen LogP contribution < -0.4 is 10.2 Å². The monoisotopic (exact) mass is 262 g/mol. The highest BCUT2D eigenvalue weighted by molar-refractivity contribution is 5.49. The molecule has 0 bridgehead atoms. The molecule has 2 heterocycles. The first kappa shape index (κ1) is 14.3. The normalized spacial score (nSPS) is 23.2. The Morgan fingerprint density at radius 3 is 2.95 bits per heavy atom. The van der Waals surface area contributed by atoms with E-state index in [1.165, 1.54) is 18.5 Å². The summed E-state index contributed by atoms with van der Waals surface area (Å²) in [6.45, 7) is 7.85. The molecule has 4 nitrogen and oxygen atoms in total. The predicted octanol–water partition coefficient (Wildman–Crippen LogP) is 1.89. The van der Waals surface area contributed by atoms with E-state index < -0.39 is 0 Å². The number of rotatable bonds is 3. The van der Waals surface area contributed by atoms with Gasteiger partial charge in [-0.15, -0.1) is 0 Å². The lowest BCUT2D eigenvalue weighted by Gasteiger charge is -2.31. The standard InChI is InChI=1S/C15H26N4/c1-12-11-18(4)9-6-10-19(12)15-14(13(2)16-3)7-5-8-17-15/h5,7-8,12-13,16H,6,9-11H2,1-4H3. The molecule has 1 fully saturated rings. The third kappa shape index (κ3) is 3.25. The van der Waals surface area contributed by atoms with Crippen molar-refractivity contribution in [1.29, 1.82) is 0 Å². The molecule has 1 aliphatic rings. The molecular formula is C15H26N4. The molecule has 0 radical (unpaired) electrons. The second kappa shape index (κ2) is 6.35.